The van der Waals surface area contributed by atoms with Crippen LogP contribution in [0.15, 0.2) is 18.2 Å². The molecule has 132 valence electrons. The third-order valence-electron chi connectivity index (χ3n) is 4.64. The Hall–Kier alpha value is -1.88. The summed E-state index contributed by atoms with van der Waals surface area (Å²) in [5.41, 5.74) is 3.07. The molecule has 24 heavy (non-hydrogen) atoms. The lowest BCUT2D eigenvalue weighted by molar-refractivity contribution is -0.150. The molecule has 1 aliphatic heterocycles. The molecule has 1 aromatic carbocycles. The molecule has 1 N–H and O–H groups in total. The number of amides is 1. The Labute approximate surface area is 144 Å². The summed E-state index contributed by atoms with van der Waals surface area (Å²) in [6.07, 6.45) is 1.74. The van der Waals surface area contributed by atoms with Gasteiger partial charge in [0.05, 0.1) is 18.6 Å². The predicted octanol–water partition coefficient (Wildman–Crippen LogP) is 2.91. The van der Waals surface area contributed by atoms with Crippen LogP contribution in [0.25, 0.3) is 0 Å². The zero-order valence-electron chi connectivity index (χ0n) is 15.1. The number of esters is 1. The van der Waals surface area contributed by atoms with Crippen molar-refractivity contribution in [3.63, 3.8) is 0 Å². The maximum atomic E-state index is 12.6. The number of hydrogen-bond acceptors (Lipinski definition) is 4. The van der Waals surface area contributed by atoms with Gasteiger partial charge in [-0.05, 0) is 58.7 Å². The molecule has 0 spiro atoms. The van der Waals surface area contributed by atoms with Crippen molar-refractivity contribution in [1.82, 2.24) is 4.90 Å². The van der Waals surface area contributed by atoms with E-state index in [0.717, 1.165) is 30.6 Å². The van der Waals surface area contributed by atoms with E-state index in [1.807, 2.05) is 39.8 Å². The zero-order valence-corrected chi connectivity index (χ0v) is 15.1. The van der Waals surface area contributed by atoms with E-state index in [2.05, 4.69) is 16.3 Å². The normalized spacial score (nSPS) is 19.6. The van der Waals surface area contributed by atoms with Crippen molar-refractivity contribution >= 4 is 17.6 Å². The van der Waals surface area contributed by atoms with Crippen molar-refractivity contribution in [2.45, 2.75) is 46.6 Å². The number of benzene rings is 1. The molecule has 2 unspecified atom stereocenters. The maximum Gasteiger partial charge on any atom is 0.310 e. The number of piperidine rings is 1. The average molecular weight is 332 g/mol. The van der Waals surface area contributed by atoms with E-state index in [9.17, 15) is 9.59 Å². The molecular formula is C19H28N2O3. The van der Waals surface area contributed by atoms with E-state index in [0.29, 0.717) is 13.2 Å². The van der Waals surface area contributed by atoms with Crippen LogP contribution in [-0.4, -0.2) is 42.5 Å². The molecule has 1 aromatic rings. The Morgan fingerprint density at radius 1 is 1.38 bits per heavy atom. The van der Waals surface area contributed by atoms with Crippen molar-refractivity contribution in [1.29, 1.82) is 0 Å². The van der Waals surface area contributed by atoms with Gasteiger partial charge in [0, 0.05) is 12.2 Å². The number of hydrogen-bond donors (Lipinski definition) is 1. The smallest absolute Gasteiger partial charge is 0.310 e. The van der Waals surface area contributed by atoms with Gasteiger partial charge < -0.3 is 10.1 Å². The number of aryl methyl sites for hydroxylation is 2. The first-order valence-electron chi connectivity index (χ1n) is 8.71. The first-order valence-corrected chi connectivity index (χ1v) is 8.71. The second kappa shape index (κ2) is 8.29. The molecule has 1 saturated heterocycles. The van der Waals surface area contributed by atoms with Gasteiger partial charge in [-0.3, -0.25) is 14.5 Å². The molecule has 0 aromatic heterocycles. The molecule has 5 nitrogen and oxygen atoms in total. The Kier molecular flexibility index (Phi) is 6.37. The minimum Gasteiger partial charge on any atom is -0.466 e. The molecule has 1 amide bonds. The van der Waals surface area contributed by atoms with Gasteiger partial charge in [-0.25, -0.2) is 0 Å². The number of carbonyl (C=O) groups excluding carboxylic acids is 2. The first kappa shape index (κ1) is 18.5. The molecule has 0 radical (unpaired) electrons. The molecule has 1 fully saturated rings. The van der Waals surface area contributed by atoms with Crippen LogP contribution in [-0.2, 0) is 14.3 Å². The number of ether oxygens (including phenoxy) is 1. The fourth-order valence-electron chi connectivity index (χ4n) is 3.17. The van der Waals surface area contributed by atoms with Crippen LogP contribution in [0.1, 0.15) is 37.8 Å². The summed E-state index contributed by atoms with van der Waals surface area (Å²) in [6, 6.07) is 5.71. The highest BCUT2D eigenvalue weighted by Gasteiger charge is 2.31. The van der Waals surface area contributed by atoms with Gasteiger partial charge in [-0.2, -0.15) is 0 Å². The number of rotatable bonds is 5. The Morgan fingerprint density at radius 2 is 2.12 bits per heavy atom. The fraction of sp³-hybridized carbons (Fsp3) is 0.579. The average Bonchev–Trinajstić information content (AvgIpc) is 2.57. The Balaban J connectivity index is 1.98. The predicted molar refractivity (Wildman–Crippen MR) is 94.9 cm³/mol. The molecule has 2 atom stereocenters. The minimum atomic E-state index is -0.275. The van der Waals surface area contributed by atoms with E-state index < -0.39 is 0 Å². The van der Waals surface area contributed by atoms with Crippen LogP contribution in [0, 0.1) is 19.8 Å². The molecular weight excluding hydrogens is 304 g/mol. The van der Waals surface area contributed by atoms with E-state index in [1.54, 1.807) is 0 Å². The second-order valence-electron chi connectivity index (χ2n) is 6.57. The number of nitrogens with one attached hydrogen (secondary N) is 1. The van der Waals surface area contributed by atoms with Crippen LogP contribution in [0.3, 0.4) is 0 Å². The number of carbonyl (C=O) groups is 2. The highest BCUT2D eigenvalue weighted by atomic mass is 16.5. The quantitative estimate of drug-likeness (QED) is 0.842. The largest absolute Gasteiger partial charge is 0.466 e. The van der Waals surface area contributed by atoms with Gasteiger partial charge in [0.25, 0.3) is 0 Å². The Bertz CT molecular complexity index is 600. The highest BCUT2D eigenvalue weighted by molar-refractivity contribution is 5.95. The SMILES string of the molecule is CCOC(=O)C1CCCN(C(C)C(=O)Nc2ccc(C)cc2C)C1. The van der Waals surface area contributed by atoms with Gasteiger partial charge in [0.2, 0.25) is 5.91 Å². The highest BCUT2D eigenvalue weighted by Crippen LogP contribution is 2.21. The summed E-state index contributed by atoms with van der Waals surface area (Å²) in [4.78, 5) is 26.6. The van der Waals surface area contributed by atoms with Gasteiger partial charge in [-0.1, -0.05) is 17.7 Å². The topological polar surface area (TPSA) is 58.6 Å². The summed E-state index contributed by atoms with van der Waals surface area (Å²) >= 11 is 0. The summed E-state index contributed by atoms with van der Waals surface area (Å²) < 4.78 is 5.13. The van der Waals surface area contributed by atoms with Crippen LogP contribution in [0.5, 0.6) is 0 Å². The van der Waals surface area contributed by atoms with Crippen LogP contribution < -0.4 is 5.32 Å². The fourth-order valence-corrected chi connectivity index (χ4v) is 3.17. The van der Waals surface area contributed by atoms with Gasteiger partial charge in [0.1, 0.15) is 0 Å². The van der Waals surface area contributed by atoms with Crippen LogP contribution >= 0.6 is 0 Å². The van der Waals surface area contributed by atoms with Crippen molar-refractivity contribution in [2.24, 2.45) is 5.92 Å². The van der Waals surface area contributed by atoms with Crippen molar-refractivity contribution in [2.75, 3.05) is 25.0 Å². The minimum absolute atomic E-state index is 0.0357. The van der Waals surface area contributed by atoms with E-state index in [1.165, 1.54) is 5.56 Å². The number of likely N-dealkylation sites (tertiary alicyclic amines) is 1. The van der Waals surface area contributed by atoms with Gasteiger partial charge in [-0.15, -0.1) is 0 Å². The number of anilines is 1. The number of nitrogens with zero attached hydrogens (tertiary/aromatic N) is 1. The van der Waals surface area contributed by atoms with Crippen molar-refractivity contribution in [3.8, 4) is 0 Å². The molecule has 0 aliphatic carbocycles. The van der Waals surface area contributed by atoms with E-state index in [4.69, 9.17) is 4.74 Å². The second-order valence-corrected chi connectivity index (χ2v) is 6.57. The molecule has 5 heteroatoms. The third-order valence-corrected chi connectivity index (χ3v) is 4.64. The lowest BCUT2D eigenvalue weighted by Gasteiger charge is -2.35. The standard InChI is InChI=1S/C19H28N2O3/c1-5-24-19(23)16-7-6-10-21(12-16)15(4)18(22)20-17-9-8-13(2)11-14(17)3/h8-9,11,15-16H,5-7,10,12H2,1-4H3,(H,20,22). The van der Waals surface area contributed by atoms with Crippen molar-refractivity contribution < 1.29 is 14.3 Å². The molecule has 0 saturated carbocycles. The molecule has 1 heterocycles. The van der Waals surface area contributed by atoms with E-state index >= 15 is 0 Å². The monoisotopic (exact) mass is 332 g/mol. The lowest BCUT2D eigenvalue weighted by Crippen LogP contribution is -2.48. The van der Waals surface area contributed by atoms with Crippen LogP contribution in [0.2, 0.25) is 0 Å². The summed E-state index contributed by atoms with van der Waals surface area (Å²) in [5.74, 6) is -0.314. The van der Waals surface area contributed by atoms with Crippen LogP contribution in [0.4, 0.5) is 5.69 Å². The lowest BCUT2D eigenvalue weighted by atomic mass is 9.97. The summed E-state index contributed by atoms with van der Waals surface area (Å²) in [6.45, 7) is 9.55. The van der Waals surface area contributed by atoms with E-state index in [-0.39, 0.29) is 23.8 Å². The zero-order chi connectivity index (χ0) is 17.7. The maximum absolute atomic E-state index is 12.6. The molecule has 1 aliphatic rings. The summed E-state index contributed by atoms with van der Waals surface area (Å²) in [5, 5.41) is 3.01. The van der Waals surface area contributed by atoms with Gasteiger partial charge in [0.15, 0.2) is 0 Å². The van der Waals surface area contributed by atoms with Gasteiger partial charge >= 0.3 is 5.97 Å². The Morgan fingerprint density at radius 3 is 2.79 bits per heavy atom. The molecule has 2 rings (SSSR count). The molecule has 0 bridgehead atoms. The van der Waals surface area contributed by atoms with Crippen molar-refractivity contribution in [3.05, 3.63) is 29.3 Å². The first-order chi connectivity index (χ1) is 11.4. The summed E-state index contributed by atoms with van der Waals surface area (Å²) in [7, 11) is 0. The third kappa shape index (κ3) is 4.57.